The monoisotopic (exact) mass is 226 g/mol. The molecule has 2 atom stereocenters. The molecule has 0 saturated carbocycles. The molecule has 2 nitrogen and oxygen atoms in total. The highest BCUT2D eigenvalue weighted by atomic mass is 15.3. The van der Waals surface area contributed by atoms with Crippen LogP contribution < -0.4 is 0 Å². The van der Waals surface area contributed by atoms with Gasteiger partial charge >= 0.3 is 0 Å². The Bertz CT molecular complexity index is 219. The lowest BCUT2D eigenvalue weighted by Crippen LogP contribution is -2.37. The fourth-order valence-corrected chi connectivity index (χ4v) is 3.77. The first-order valence-corrected chi connectivity index (χ1v) is 7.00. The largest absolute Gasteiger partial charge is 0.328 e. The Balaban J connectivity index is 1.69. The zero-order valence-corrected chi connectivity index (χ0v) is 11.7. The van der Waals surface area contributed by atoms with E-state index in [0.717, 1.165) is 11.8 Å². The van der Waals surface area contributed by atoms with E-state index in [0.29, 0.717) is 0 Å². The molecule has 2 fully saturated rings. The second kappa shape index (κ2) is 4.30. The Morgan fingerprint density at radius 3 is 1.38 bits per heavy atom. The quantitative estimate of drug-likeness (QED) is 0.645. The van der Waals surface area contributed by atoms with Crippen LogP contribution in [0, 0.1) is 11.8 Å². The van der Waals surface area contributed by atoms with Crippen molar-refractivity contribution < 1.29 is 8.97 Å². The third kappa shape index (κ3) is 3.21. The molecule has 2 heterocycles. The number of hydrogen-bond acceptors (Lipinski definition) is 0. The number of rotatable bonds is 3. The summed E-state index contributed by atoms with van der Waals surface area (Å²) >= 11 is 0. The third-order valence-electron chi connectivity index (χ3n) is 4.77. The van der Waals surface area contributed by atoms with Gasteiger partial charge in [-0.05, 0) is 12.8 Å². The van der Waals surface area contributed by atoms with E-state index in [1.165, 1.54) is 60.8 Å². The zero-order chi connectivity index (χ0) is 11.8. The average molecular weight is 226 g/mol. The van der Waals surface area contributed by atoms with Crippen molar-refractivity contribution in [1.29, 1.82) is 0 Å². The second-order valence-corrected chi connectivity index (χ2v) is 7.57. The van der Waals surface area contributed by atoms with Crippen molar-refractivity contribution in [1.82, 2.24) is 0 Å². The molecule has 2 aliphatic rings. The van der Waals surface area contributed by atoms with Gasteiger partial charge in [0.1, 0.15) is 0 Å². The summed E-state index contributed by atoms with van der Waals surface area (Å²) in [4.78, 5) is 0. The maximum Gasteiger partial charge on any atom is 0.0813 e. The maximum absolute atomic E-state index is 2.38. The van der Waals surface area contributed by atoms with Crippen LogP contribution in [0.2, 0.25) is 0 Å². The minimum absolute atomic E-state index is 1.02. The predicted molar refractivity (Wildman–Crippen MR) is 69.1 cm³/mol. The van der Waals surface area contributed by atoms with Gasteiger partial charge in [-0.25, -0.2) is 0 Å². The molecule has 0 aromatic heterocycles. The van der Waals surface area contributed by atoms with E-state index in [1.807, 2.05) is 0 Å². The molecule has 0 spiro atoms. The van der Waals surface area contributed by atoms with Crippen LogP contribution >= 0.6 is 0 Å². The lowest BCUT2D eigenvalue weighted by atomic mass is 9.94. The molecule has 0 N–H and O–H groups in total. The van der Waals surface area contributed by atoms with E-state index < -0.39 is 0 Å². The lowest BCUT2D eigenvalue weighted by molar-refractivity contribution is -0.879. The molecule has 0 radical (unpaired) electrons. The average Bonchev–Trinajstić information content (AvgIpc) is 2.66. The van der Waals surface area contributed by atoms with Crippen LogP contribution in [0.25, 0.3) is 0 Å². The van der Waals surface area contributed by atoms with Gasteiger partial charge in [-0.15, -0.1) is 0 Å². The van der Waals surface area contributed by atoms with Gasteiger partial charge in [-0.3, -0.25) is 0 Å². The van der Waals surface area contributed by atoms with Crippen LogP contribution in [0.5, 0.6) is 0 Å². The van der Waals surface area contributed by atoms with Gasteiger partial charge in [-0.2, -0.15) is 0 Å². The van der Waals surface area contributed by atoms with Crippen LogP contribution in [-0.4, -0.2) is 63.3 Å². The highest BCUT2D eigenvalue weighted by Gasteiger charge is 2.34. The Kier molecular flexibility index (Phi) is 3.33. The first kappa shape index (κ1) is 12.4. The van der Waals surface area contributed by atoms with Crippen LogP contribution in [0.1, 0.15) is 25.7 Å². The van der Waals surface area contributed by atoms with E-state index in [9.17, 15) is 0 Å². The first-order chi connectivity index (χ1) is 7.36. The standard InChI is InChI=1S/C14H30N2/c1-15(2)9-7-13(11-15)5-6-14-8-10-16(3,4)12-14/h13-14H,5-12H2,1-4H3/q+2. The molecule has 0 bridgehead atoms. The van der Waals surface area contributed by atoms with E-state index >= 15 is 0 Å². The summed E-state index contributed by atoms with van der Waals surface area (Å²) in [6.45, 7) is 5.64. The Morgan fingerprint density at radius 2 is 1.12 bits per heavy atom. The van der Waals surface area contributed by atoms with Gasteiger partial charge in [0.05, 0.1) is 54.4 Å². The van der Waals surface area contributed by atoms with Crippen LogP contribution in [0.4, 0.5) is 0 Å². The minimum Gasteiger partial charge on any atom is -0.328 e. The summed E-state index contributed by atoms with van der Waals surface area (Å²) < 4.78 is 2.52. The normalized spacial score (nSPS) is 36.8. The van der Waals surface area contributed by atoms with Crippen LogP contribution in [0.15, 0.2) is 0 Å². The number of quaternary nitrogens is 2. The predicted octanol–water partition coefficient (Wildman–Crippen LogP) is 1.96. The highest BCUT2D eigenvalue weighted by molar-refractivity contribution is 4.70. The van der Waals surface area contributed by atoms with Gasteiger partial charge < -0.3 is 8.97 Å². The second-order valence-electron chi connectivity index (χ2n) is 7.57. The topological polar surface area (TPSA) is 0 Å². The van der Waals surface area contributed by atoms with Gasteiger partial charge in [0.25, 0.3) is 0 Å². The molecule has 2 heteroatoms. The van der Waals surface area contributed by atoms with Crippen molar-refractivity contribution in [2.75, 3.05) is 54.4 Å². The van der Waals surface area contributed by atoms with Crippen LogP contribution in [-0.2, 0) is 0 Å². The van der Waals surface area contributed by atoms with E-state index in [-0.39, 0.29) is 0 Å². The van der Waals surface area contributed by atoms with Gasteiger partial charge in [0, 0.05) is 24.7 Å². The van der Waals surface area contributed by atoms with Crippen molar-refractivity contribution in [3.8, 4) is 0 Å². The van der Waals surface area contributed by atoms with Gasteiger partial charge in [-0.1, -0.05) is 0 Å². The van der Waals surface area contributed by atoms with Crippen molar-refractivity contribution in [3.63, 3.8) is 0 Å². The third-order valence-corrected chi connectivity index (χ3v) is 4.77. The maximum atomic E-state index is 2.38. The fraction of sp³-hybridized carbons (Fsp3) is 1.00. The van der Waals surface area contributed by atoms with Crippen molar-refractivity contribution in [2.45, 2.75) is 25.7 Å². The Labute approximate surface area is 101 Å². The summed E-state index contributed by atoms with van der Waals surface area (Å²) in [6, 6.07) is 0. The Morgan fingerprint density at radius 1 is 0.750 bits per heavy atom. The van der Waals surface area contributed by atoms with Gasteiger partial charge in [0.15, 0.2) is 0 Å². The fourth-order valence-electron chi connectivity index (χ4n) is 3.77. The van der Waals surface area contributed by atoms with E-state index in [1.54, 1.807) is 0 Å². The molecular weight excluding hydrogens is 196 g/mol. The lowest BCUT2D eigenvalue weighted by Gasteiger charge is -2.24. The minimum atomic E-state index is 1.02. The number of hydrogen-bond donors (Lipinski definition) is 0. The molecule has 16 heavy (non-hydrogen) atoms. The number of nitrogens with zero attached hydrogens (tertiary/aromatic N) is 2. The molecule has 2 unspecified atom stereocenters. The molecule has 0 aromatic rings. The molecule has 2 saturated heterocycles. The molecule has 0 aromatic carbocycles. The zero-order valence-electron chi connectivity index (χ0n) is 11.7. The summed E-state index contributed by atoms with van der Waals surface area (Å²) in [5, 5.41) is 0. The smallest absolute Gasteiger partial charge is 0.0813 e. The summed E-state index contributed by atoms with van der Waals surface area (Å²) in [5.41, 5.74) is 0. The molecule has 0 amide bonds. The SMILES string of the molecule is C[N+]1(C)CCC(CCC2CC[N+](C)(C)C2)C1. The van der Waals surface area contributed by atoms with Crippen molar-refractivity contribution in [2.24, 2.45) is 11.8 Å². The van der Waals surface area contributed by atoms with E-state index in [2.05, 4.69) is 28.2 Å². The summed E-state index contributed by atoms with van der Waals surface area (Å²) in [5.74, 6) is 2.04. The molecule has 0 aliphatic carbocycles. The van der Waals surface area contributed by atoms with Gasteiger partial charge in [0.2, 0.25) is 0 Å². The van der Waals surface area contributed by atoms with E-state index in [4.69, 9.17) is 0 Å². The first-order valence-electron chi connectivity index (χ1n) is 7.00. The summed E-state index contributed by atoms with van der Waals surface area (Å²) in [6.07, 6.45) is 5.93. The summed E-state index contributed by atoms with van der Waals surface area (Å²) in [7, 11) is 9.54. The van der Waals surface area contributed by atoms with Crippen molar-refractivity contribution in [3.05, 3.63) is 0 Å². The number of likely N-dealkylation sites (tertiary alicyclic amines) is 2. The molecule has 2 aliphatic heterocycles. The van der Waals surface area contributed by atoms with Crippen molar-refractivity contribution >= 4 is 0 Å². The highest BCUT2D eigenvalue weighted by Crippen LogP contribution is 2.30. The molecular formula is C14H30N2+2. The molecule has 94 valence electrons. The Hall–Kier alpha value is -0.0800. The van der Waals surface area contributed by atoms with Crippen LogP contribution in [0.3, 0.4) is 0 Å². The molecule has 2 rings (SSSR count).